The van der Waals surface area contributed by atoms with Crippen molar-refractivity contribution in [2.24, 2.45) is 5.92 Å². The van der Waals surface area contributed by atoms with Crippen molar-refractivity contribution >= 4 is 22.6 Å². The lowest BCUT2D eigenvalue weighted by Gasteiger charge is -2.32. The van der Waals surface area contributed by atoms with E-state index in [1.165, 1.54) is 19.5 Å². The monoisotopic (exact) mass is 370 g/mol. The van der Waals surface area contributed by atoms with Gasteiger partial charge in [0.15, 0.2) is 5.58 Å². The molecule has 4 rings (SSSR count). The lowest BCUT2D eigenvalue weighted by atomic mass is 9.97. The van der Waals surface area contributed by atoms with Crippen molar-refractivity contribution in [1.29, 1.82) is 0 Å². The van der Waals surface area contributed by atoms with E-state index >= 15 is 0 Å². The van der Waals surface area contributed by atoms with Crippen molar-refractivity contribution < 1.29 is 9.21 Å². The first-order chi connectivity index (χ1) is 12.9. The number of aromatic nitrogens is 1. The molecule has 2 aliphatic rings. The number of nitrogens with one attached hydrogen (secondary N) is 1. The number of carbonyl (C=O) groups excluding carboxylic acids is 1. The molecule has 1 amide bonds. The van der Waals surface area contributed by atoms with Crippen molar-refractivity contribution in [2.45, 2.75) is 58.7 Å². The number of piperidine rings is 1. The van der Waals surface area contributed by atoms with Gasteiger partial charge in [0.25, 0.3) is 5.91 Å². The first-order valence-electron chi connectivity index (χ1n) is 10.1. The molecule has 1 N–H and O–H groups in total. The lowest BCUT2D eigenvalue weighted by Crippen LogP contribution is -2.47. The first kappa shape index (κ1) is 18.3. The number of rotatable bonds is 5. The summed E-state index contributed by atoms with van der Waals surface area (Å²) in [5, 5.41) is 4.15. The molecular weight excluding hydrogens is 340 g/mol. The van der Waals surface area contributed by atoms with Crippen LogP contribution in [0.4, 0.5) is 5.69 Å². The number of amides is 1. The molecule has 0 saturated carbocycles. The van der Waals surface area contributed by atoms with Crippen molar-refractivity contribution in [3.05, 3.63) is 24.2 Å². The molecule has 0 aromatic carbocycles. The van der Waals surface area contributed by atoms with Gasteiger partial charge in [-0.1, -0.05) is 0 Å². The van der Waals surface area contributed by atoms with Gasteiger partial charge in [-0.25, -0.2) is 4.98 Å². The molecule has 2 aromatic rings. The summed E-state index contributed by atoms with van der Waals surface area (Å²) in [6.07, 6.45) is 5.78. The standard InChI is InChI=1S/C21H30N4O2/c1-13(2)25(14(3)4)19-12-27-20-9-22-18(8-17(19)20)21(26)23-16-7-15-5-6-24(10-15)11-16/h8-9,12-16H,5-7,10-11H2,1-4H3,(H,23,26)/t15-,16-/m1/s1. The second kappa shape index (κ2) is 7.15. The Kier molecular flexibility index (Phi) is 4.84. The van der Waals surface area contributed by atoms with E-state index in [0.29, 0.717) is 17.8 Å². The Bertz CT molecular complexity index is 809. The summed E-state index contributed by atoms with van der Waals surface area (Å²) in [5.74, 6) is 0.641. The molecule has 2 saturated heterocycles. The average molecular weight is 370 g/mol. The van der Waals surface area contributed by atoms with Gasteiger partial charge in [-0.05, 0) is 59.1 Å². The van der Waals surface area contributed by atoms with Crippen LogP contribution >= 0.6 is 0 Å². The van der Waals surface area contributed by atoms with Crippen LogP contribution in [0.1, 0.15) is 51.0 Å². The Morgan fingerprint density at radius 3 is 2.78 bits per heavy atom. The average Bonchev–Trinajstić information content (AvgIpc) is 3.17. The number of fused-ring (bicyclic) bond motifs is 3. The second-order valence-corrected chi connectivity index (χ2v) is 8.60. The number of carbonyl (C=O) groups is 1. The highest BCUT2D eigenvalue weighted by molar-refractivity contribution is 5.99. The summed E-state index contributed by atoms with van der Waals surface area (Å²) in [7, 11) is 0. The maximum absolute atomic E-state index is 12.8. The molecule has 6 nitrogen and oxygen atoms in total. The van der Waals surface area contributed by atoms with Crippen molar-refractivity contribution in [1.82, 2.24) is 15.2 Å². The Hall–Kier alpha value is -2.08. The van der Waals surface area contributed by atoms with Gasteiger partial charge in [0.05, 0.1) is 11.9 Å². The number of nitrogens with zero attached hydrogens (tertiary/aromatic N) is 3. The normalized spacial score (nSPS) is 24.7. The molecule has 146 valence electrons. The maximum Gasteiger partial charge on any atom is 0.270 e. The molecule has 2 aromatic heterocycles. The lowest BCUT2D eigenvalue weighted by molar-refractivity contribution is 0.0904. The number of anilines is 1. The molecular formula is C21H30N4O2. The van der Waals surface area contributed by atoms with Gasteiger partial charge in [-0.3, -0.25) is 4.79 Å². The van der Waals surface area contributed by atoms with Crippen LogP contribution in [-0.2, 0) is 0 Å². The van der Waals surface area contributed by atoms with Crippen LogP contribution in [-0.4, -0.2) is 53.6 Å². The van der Waals surface area contributed by atoms with Crippen LogP contribution in [0.25, 0.3) is 11.0 Å². The summed E-state index contributed by atoms with van der Waals surface area (Å²) in [4.78, 5) is 21.9. The molecule has 2 bridgehead atoms. The number of pyridine rings is 1. The third-order valence-electron chi connectivity index (χ3n) is 5.87. The summed E-state index contributed by atoms with van der Waals surface area (Å²) in [6, 6.07) is 2.77. The smallest absolute Gasteiger partial charge is 0.270 e. The quantitative estimate of drug-likeness (QED) is 0.875. The first-order valence-corrected chi connectivity index (χ1v) is 10.1. The number of hydrogen-bond donors (Lipinski definition) is 1. The molecule has 0 aliphatic carbocycles. The summed E-state index contributed by atoms with van der Waals surface area (Å²) >= 11 is 0. The van der Waals surface area contributed by atoms with E-state index in [-0.39, 0.29) is 11.9 Å². The predicted octanol–water partition coefficient (Wildman–Crippen LogP) is 3.28. The third-order valence-corrected chi connectivity index (χ3v) is 5.87. The van der Waals surface area contributed by atoms with E-state index in [2.05, 4.69) is 47.8 Å². The van der Waals surface area contributed by atoms with Crippen molar-refractivity contribution in [3.8, 4) is 0 Å². The Balaban J connectivity index is 1.57. The number of hydrogen-bond acceptors (Lipinski definition) is 5. The topological polar surface area (TPSA) is 61.6 Å². The van der Waals surface area contributed by atoms with Crippen LogP contribution in [0.15, 0.2) is 22.9 Å². The van der Waals surface area contributed by atoms with Gasteiger partial charge in [-0.15, -0.1) is 0 Å². The van der Waals surface area contributed by atoms with Gasteiger partial charge in [0.1, 0.15) is 12.0 Å². The molecule has 0 radical (unpaired) electrons. The SMILES string of the molecule is CC(C)N(c1coc2cnc(C(=O)N[C@@H]3C[C@H]4CCN(C4)C3)cc12)C(C)C. The van der Waals surface area contributed by atoms with E-state index in [0.717, 1.165) is 35.5 Å². The Labute approximate surface area is 160 Å². The molecule has 6 heteroatoms. The van der Waals surface area contributed by atoms with Crippen molar-refractivity contribution in [2.75, 3.05) is 24.5 Å². The van der Waals surface area contributed by atoms with Gasteiger partial charge in [0, 0.05) is 36.6 Å². The fourth-order valence-corrected chi connectivity index (χ4v) is 4.82. The molecule has 0 spiro atoms. The second-order valence-electron chi connectivity index (χ2n) is 8.60. The zero-order valence-corrected chi connectivity index (χ0v) is 16.7. The van der Waals surface area contributed by atoms with Gasteiger partial charge >= 0.3 is 0 Å². The van der Waals surface area contributed by atoms with Crippen LogP contribution in [0, 0.1) is 5.92 Å². The van der Waals surface area contributed by atoms with E-state index in [9.17, 15) is 4.79 Å². The van der Waals surface area contributed by atoms with Gasteiger partial charge in [-0.2, -0.15) is 0 Å². The Morgan fingerprint density at radius 2 is 2.07 bits per heavy atom. The minimum Gasteiger partial charge on any atom is -0.460 e. The highest BCUT2D eigenvalue weighted by Crippen LogP contribution is 2.32. The minimum absolute atomic E-state index is 0.0859. The zero-order valence-electron chi connectivity index (χ0n) is 16.7. The summed E-state index contributed by atoms with van der Waals surface area (Å²) in [5.41, 5.74) is 2.20. The maximum atomic E-state index is 12.8. The van der Waals surface area contributed by atoms with E-state index in [4.69, 9.17) is 4.42 Å². The fraction of sp³-hybridized carbons (Fsp3) is 0.619. The molecule has 27 heavy (non-hydrogen) atoms. The minimum atomic E-state index is -0.0859. The molecule has 4 heterocycles. The predicted molar refractivity (Wildman–Crippen MR) is 107 cm³/mol. The van der Waals surface area contributed by atoms with Crippen LogP contribution in [0.2, 0.25) is 0 Å². The van der Waals surface area contributed by atoms with Gasteiger partial charge < -0.3 is 19.5 Å². The molecule has 3 atom stereocenters. The summed E-state index contributed by atoms with van der Waals surface area (Å²) < 4.78 is 5.71. The number of furan rings is 1. The van der Waals surface area contributed by atoms with E-state index in [1.54, 1.807) is 12.5 Å². The van der Waals surface area contributed by atoms with E-state index in [1.807, 2.05) is 6.07 Å². The zero-order chi connectivity index (χ0) is 19.1. The summed E-state index contributed by atoms with van der Waals surface area (Å²) in [6.45, 7) is 12.0. The molecule has 2 fully saturated rings. The van der Waals surface area contributed by atoms with Crippen molar-refractivity contribution in [3.63, 3.8) is 0 Å². The highest BCUT2D eigenvalue weighted by atomic mass is 16.3. The Morgan fingerprint density at radius 1 is 1.30 bits per heavy atom. The molecule has 1 unspecified atom stereocenters. The van der Waals surface area contributed by atoms with Crippen LogP contribution in [0.5, 0.6) is 0 Å². The van der Waals surface area contributed by atoms with Gasteiger partial charge in [0.2, 0.25) is 0 Å². The van der Waals surface area contributed by atoms with Crippen LogP contribution < -0.4 is 10.2 Å². The third kappa shape index (κ3) is 3.55. The molecule has 2 aliphatic heterocycles. The fourth-order valence-electron chi connectivity index (χ4n) is 4.82. The van der Waals surface area contributed by atoms with Crippen LogP contribution in [0.3, 0.4) is 0 Å². The highest BCUT2D eigenvalue weighted by Gasteiger charge is 2.33. The van der Waals surface area contributed by atoms with E-state index < -0.39 is 0 Å². The largest absolute Gasteiger partial charge is 0.460 e.